The molecule has 1 heterocycles. The van der Waals surface area contributed by atoms with E-state index in [1.54, 1.807) is 6.20 Å². The summed E-state index contributed by atoms with van der Waals surface area (Å²) in [5.74, 6) is 0.545. The maximum absolute atomic E-state index is 12.3. The fraction of sp³-hybridized carbons (Fsp3) is 0.240. The highest BCUT2D eigenvalue weighted by atomic mass is 35.5. The number of amides is 1. The highest BCUT2D eigenvalue weighted by molar-refractivity contribution is 6.31. The van der Waals surface area contributed by atoms with Gasteiger partial charge in [-0.05, 0) is 41.7 Å². The number of anilines is 2. The van der Waals surface area contributed by atoms with Gasteiger partial charge < -0.3 is 10.6 Å². The number of unbranched alkanes of at least 4 members (excludes halogenated alkanes) is 1. The van der Waals surface area contributed by atoms with Gasteiger partial charge in [-0.3, -0.25) is 4.79 Å². The third kappa shape index (κ3) is 5.62. The van der Waals surface area contributed by atoms with Gasteiger partial charge in [0, 0.05) is 19.2 Å². The molecule has 158 valence electrons. The Kier molecular flexibility index (Phi) is 7.64. The third-order valence-electron chi connectivity index (χ3n) is 5.07. The van der Waals surface area contributed by atoms with Crippen LogP contribution in [0.2, 0.25) is 5.02 Å². The lowest BCUT2D eigenvalue weighted by atomic mass is 9.99. The number of nitriles is 1. The first-order chi connectivity index (χ1) is 15.0. The number of hydrogen-bond donors (Lipinski definition) is 2. The smallest absolute Gasteiger partial charge is 0.224 e. The van der Waals surface area contributed by atoms with Crippen molar-refractivity contribution in [2.24, 2.45) is 0 Å². The molecule has 0 fully saturated rings. The number of halogens is 1. The summed E-state index contributed by atoms with van der Waals surface area (Å²) in [5, 5.41) is 16.1. The highest BCUT2D eigenvalue weighted by Crippen LogP contribution is 2.30. The van der Waals surface area contributed by atoms with Crippen molar-refractivity contribution in [3.63, 3.8) is 0 Å². The SMILES string of the molecule is CCCCC(=O)Nc1c(NCc2ccc(-c3ccccc3C#N)cc2)ncc(Cl)c1C. The van der Waals surface area contributed by atoms with E-state index in [-0.39, 0.29) is 5.91 Å². The molecule has 0 radical (unpaired) electrons. The second-order valence-corrected chi connectivity index (χ2v) is 7.72. The molecule has 1 aromatic heterocycles. The maximum atomic E-state index is 12.3. The Labute approximate surface area is 188 Å². The molecule has 0 aliphatic rings. The fourth-order valence-electron chi connectivity index (χ4n) is 3.23. The van der Waals surface area contributed by atoms with Crippen molar-refractivity contribution >= 4 is 29.0 Å². The molecule has 3 rings (SSSR count). The molecule has 31 heavy (non-hydrogen) atoms. The number of pyridine rings is 1. The number of nitrogens with zero attached hydrogens (tertiary/aromatic N) is 2. The molecule has 0 aliphatic carbocycles. The van der Waals surface area contributed by atoms with Gasteiger partial charge in [0.25, 0.3) is 0 Å². The van der Waals surface area contributed by atoms with Crippen LogP contribution in [0.5, 0.6) is 0 Å². The lowest BCUT2D eigenvalue weighted by molar-refractivity contribution is -0.116. The Morgan fingerprint density at radius 2 is 1.90 bits per heavy atom. The van der Waals surface area contributed by atoms with Gasteiger partial charge in [0.2, 0.25) is 5.91 Å². The van der Waals surface area contributed by atoms with Crippen LogP contribution in [0.25, 0.3) is 11.1 Å². The lowest BCUT2D eigenvalue weighted by Crippen LogP contribution is -2.15. The molecule has 0 saturated heterocycles. The molecular formula is C25H25ClN4O. The van der Waals surface area contributed by atoms with Gasteiger partial charge in [0.15, 0.2) is 0 Å². The molecule has 0 atom stereocenters. The number of hydrogen-bond acceptors (Lipinski definition) is 4. The van der Waals surface area contributed by atoms with Crippen LogP contribution in [-0.4, -0.2) is 10.9 Å². The number of rotatable bonds is 8. The Morgan fingerprint density at radius 1 is 1.16 bits per heavy atom. The molecule has 0 unspecified atom stereocenters. The van der Waals surface area contributed by atoms with E-state index in [2.05, 4.69) is 28.6 Å². The van der Waals surface area contributed by atoms with Crippen LogP contribution < -0.4 is 10.6 Å². The van der Waals surface area contributed by atoms with E-state index in [0.717, 1.165) is 35.1 Å². The Hall–Kier alpha value is -3.36. The van der Waals surface area contributed by atoms with Gasteiger partial charge in [0.1, 0.15) is 5.82 Å². The summed E-state index contributed by atoms with van der Waals surface area (Å²) in [4.78, 5) is 16.6. The van der Waals surface area contributed by atoms with Crippen LogP contribution in [0.3, 0.4) is 0 Å². The predicted molar refractivity (Wildman–Crippen MR) is 126 cm³/mol. The summed E-state index contributed by atoms with van der Waals surface area (Å²) < 4.78 is 0. The molecule has 0 spiro atoms. The minimum Gasteiger partial charge on any atom is -0.364 e. The van der Waals surface area contributed by atoms with Gasteiger partial charge in [0.05, 0.1) is 22.3 Å². The van der Waals surface area contributed by atoms with Gasteiger partial charge in [-0.15, -0.1) is 0 Å². The average molecular weight is 433 g/mol. The summed E-state index contributed by atoms with van der Waals surface area (Å²) in [7, 11) is 0. The first-order valence-corrected chi connectivity index (χ1v) is 10.7. The molecule has 1 amide bonds. The van der Waals surface area contributed by atoms with E-state index >= 15 is 0 Å². The standard InChI is InChI=1S/C25H25ClN4O/c1-3-4-9-23(31)30-24-17(2)22(26)16-29-25(24)28-15-18-10-12-19(13-11-18)21-8-6-5-7-20(21)14-27/h5-8,10-13,16H,3-4,9,15H2,1-2H3,(H,28,29)(H,30,31). The number of carbonyl (C=O) groups excluding carboxylic acids is 1. The summed E-state index contributed by atoms with van der Waals surface area (Å²) in [6.07, 6.45) is 3.85. The largest absolute Gasteiger partial charge is 0.364 e. The minimum absolute atomic E-state index is 0.0439. The molecule has 2 aromatic carbocycles. The van der Waals surface area contributed by atoms with Crippen molar-refractivity contribution in [3.8, 4) is 17.2 Å². The monoisotopic (exact) mass is 432 g/mol. The molecule has 2 N–H and O–H groups in total. The summed E-state index contributed by atoms with van der Waals surface area (Å²) in [6.45, 7) is 4.45. The Morgan fingerprint density at radius 3 is 2.61 bits per heavy atom. The van der Waals surface area contributed by atoms with Crippen LogP contribution in [0.4, 0.5) is 11.5 Å². The normalized spacial score (nSPS) is 10.4. The first kappa shape index (κ1) is 22.3. The number of benzene rings is 2. The van der Waals surface area contributed by atoms with Crippen LogP contribution in [0, 0.1) is 18.3 Å². The van der Waals surface area contributed by atoms with Crippen LogP contribution >= 0.6 is 11.6 Å². The zero-order valence-electron chi connectivity index (χ0n) is 17.7. The van der Waals surface area contributed by atoms with Gasteiger partial charge in [-0.25, -0.2) is 4.98 Å². The number of aromatic nitrogens is 1. The van der Waals surface area contributed by atoms with Crippen molar-refractivity contribution in [2.75, 3.05) is 10.6 Å². The molecule has 3 aromatic rings. The van der Waals surface area contributed by atoms with Crippen LogP contribution in [0.15, 0.2) is 54.7 Å². The molecule has 0 bridgehead atoms. The number of nitrogens with one attached hydrogen (secondary N) is 2. The van der Waals surface area contributed by atoms with E-state index in [0.29, 0.717) is 35.1 Å². The third-order valence-corrected chi connectivity index (χ3v) is 5.45. The van der Waals surface area contributed by atoms with Crippen molar-refractivity contribution in [2.45, 2.75) is 39.7 Å². The lowest BCUT2D eigenvalue weighted by Gasteiger charge is -2.16. The van der Waals surface area contributed by atoms with E-state index in [1.165, 1.54) is 0 Å². The van der Waals surface area contributed by atoms with Crippen molar-refractivity contribution in [1.29, 1.82) is 5.26 Å². The second-order valence-electron chi connectivity index (χ2n) is 7.31. The van der Waals surface area contributed by atoms with Gasteiger partial charge in [-0.1, -0.05) is 67.4 Å². The minimum atomic E-state index is -0.0439. The quantitative estimate of drug-likeness (QED) is 0.436. The molecular weight excluding hydrogens is 408 g/mol. The molecule has 0 aliphatic heterocycles. The second kappa shape index (κ2) is 10.6. The van der Waals surface area contributed by atoms with Crippen molar-refractivity contribution in [3.05, 3.63) is 76.4 Å². The predicted octanol–water partition coefficient (Wildman–Crippen LogP) is 6.32. The van der Waals surface area contributed by atoms with E-state index in [9.17, 15) is 10.1 Å². The van der Waals surface area contributed by atoms with E-state index in [1.807, 2.05) is 55.5 Å². The Bertz CT molecular complexity index is 1100. The van der Waals surface area contributed by atoms with Crippen LogP contribution in [-0.2, 0) is 11.3 Å². The van der Waals surface area contributed by atoms with Crippen LogP contribution in [0.1, 0.15) is 42.9 Å². The highest BCUT2D eigenvalue weighted by Gasteiger charge is 2.14. The van der Waals surface area contributed by atoms with Gasteiger partial charge in [-0.2, -0.15) is 5.26 Å². The molecule has 5 nitrogen and oxygen atoms in total. The molecule has 0 saturated carbocycles. The Balaban J connectivity index is 1.74. The maximum Gasteiger partial charge on any atom is 0.224 e. The van der Waals surface area contributed by atoms with Gasteiger partial charge >= 0.3 is 0 Å². The number of carbonyl (C=O) groups is 1. The summed E-state index contributed by atoms with van der Waals surface area (Å²) in [6, 6.07) is 17.8. The average Bonchev–Trinajstić information content (AvgIpc) is 2.80. The summed E-state index contributed by atoms with van der Waals surface area (Å²) >= 11 is 6.23. The first-order valence-electron chi connectivity index (χ1n) is 10.3. The molecule has 6 heteroatoms. The van der Waals surface area contributed by atoms with Crippen molar-refractivity contribution in [1.82, 2.24) is 4.98 Å². The van der Waals surface area contributed by atoms with E-state index in [4.69, 9.17) is 11.6 Å². The fourth-order valence-corrected chi connectivity index (χ4v) is 3.37. The topological polar surface area (TPSA) is 77.8 Å². The zero-order valence-corrected chi connectivity index (χ0v) is 18.5. The van der Waals surface area contributed by atoms with Crippen molar-refractivity contribution < 1.29 is 4.79 Å². The van der Waals surface area contributed by atoms with E-state index < -0.39 is 0 Å². The summed E-state index contributed by atoms with van der Waals surface area (Å²) in [5.41, 5.74) is 5.01. The zero-order chi connectivity index (χ0) is 22.2.